The van der Waals surface area contributed by atoms with Crippen molar-refractivity contribution in [3.05, 3.63) is 70.3 Å². The van der Waals surface area contributed by atoms with Crippen molar-refractivity contribution in [2.75, 3.05) is 26.2 Å². The third kappa shape index (κ3) is 4.28. The number of carbonyl (C=O) groups excluding carboxylic acids is 1. The van der Waals surface area contributed by atoms with E-state index in [2.05, 4.69) is 20.4 Å². The van der Waals surface area contributed by atoms with E-state index >= 15 is 0 Å². The molecule has 2 heterocycles. The minimum atomic E-state index is -0.337. The highest BCUT2D eigenvalue weighted by molar-refractivity contribution is 6.31. The maximum absolute atomic E-state index is 13.2. The normalized spacial score (nSPS) is 14.9. The molecule has 0 aliphatic carbocycles. The third-order valence-corrected chi connectivity index (χ3v) is 5.46. The Morgan fingerprint density at radius 1 is 1.14 bits per heavy atom. The van der Waals surface area contributed by atoms with E-state index in [-0.39, 0.29) is 11.7 Å². The predicted octanol–water partition coefficient (Wildman–Crippen LogP) is 2.72. The summed E-state index contributed by atoms with van der Waals surface area (Å²) in [5.74, 6) is -0.327. The van der Waals surface area contributed by atoms with Crippen LogP contribution in [0.2, 0.25) is 5.02 Å². The fraction of sp³-hybridized carbons (Fsp3) is 0.300. The van der Waals surface area contributed by atoms with Crippen molar-refractivity contribution >= 4 is 17.5 Å². The summed E-state index contributed by atoms with van der Waals surface area (Å²) < 4.78 is 14.8. The molecule has 1 fully saturated rings. The monoisotopic (exact) mass is 414 g/mol. The molecule has 150 valence electrons. The molecule has 0 spiro atoms. The second-order valence-corrected chi connectivity index (χ2v) is 7.47. The molecule has 2 aromatic carbocycles. The molecule has 29 heavy (non-hydrogen) atoms. The molecule has 0 saturated carbocycles. The Hall–Kier alpha value is -2.84. The summed E-state index contributed by atoms with van der Waals surface area (Å²) in [5.41, 5.74) is 3.30. The highest BCUT2D eigenvalue weighted by Gasteiger charge is 2.23. The average Bonchev–Trinajstić information content (AvgIpc) is 3.24. The number of aromatic nitrogens is 4. The first kappa shape index (κ1) is 19.5. The summed E-state index contributed by atoms with van der Waals surface area (Å²) in [4.78, 5) is 17.0. The lowest BCUT2D eigenvalue weighted by Gasteiger charge is -2.35. The van der Waals surface area contributed by atoms with Gasteiger partial charge in [0.25, 0.3) is 5.91 Å². The molecule has 0 N–H and O–H groups in total. The number of halogens is 2. The molecule has 1 aliphatic heterocycles. The van der Waals surface area contributed by atoms with Gasteiger partial charge in [0.2, 0.25) is 0 Å². The summed E-state index contributed by atoms with van der Waals surface area (Å²) in [6, 6.07) is 9.98. The number of hydrogen-bond acceptors (Lipinski definition) is 5. The molecular formula is C20H20ClFN6O. The molecule has 1 aromatic heterocycles. The third-order valence-electron chi connectivity index (χ3n) is 5.11. The van der Waals surface area contributed by atoms with E-state index in [1.807, 2.05) is 24.0 Å². The molecule has 0 atom stereocenters. The van der Waals surface area contributed by atoms with Gasteiger partial charge in [-0.1, -0.05) is 17.7 Å². The predicted molar refractivity (Wildman–Crippen MR) is 106 cm³/mol. The standard InChI is InChI=1S/C20H20ClFN6O/c1-14-10-15(3-5-19(14)28-13-23-24-25-28)20(29)27-8-6-26(7-9-27)12-16-2-4-17(22)11-18(16)21/h2-5,10-11,13H,6-9,12H2,1H3. The fourth-order valence-electron chi connectivity index (χ4n) is 3.50. The summed E-state index contributed by atoms with van der Waals surface area (Å²) in [7, 11) is 0. The molecule has 3 aromatic rings. The number of rotatable bonds is 4. The van der Waals surface area contributed by atoms with E-state index in [4.69, 9.17) is 11.6 Å². The van der Waals surface area contributed by atoms with Crippen LogP contribution < -0.4 is 0 Å². The number of piperazine rings is 1. The lowest BCUT2D eigenvalue weighted by Crippen LogP contribution is -2.48. The van der Waals surface area contributed by atoms with Gasteiger partial charge in [-0.3, -0.25) is 9.69 Å². The number of nitrogens with zero attached hydrogens (tertiary/aromatic N) is 6. The topological polar surface area (TPSA) is 67.2 Å². The Morgan fingerprint density at radius 2 is 1.93 bits per heavy atom. The molecule has 4 rings (SSSR count). The fourth-order valence-corrected chi connectivity index (χ4v) is 3.73. The molecule has 1 saturated heterocycles. The largest absolute Gasteiger partial charge is 0.336 e. The van der Waals surface area contributed by atoms with Gasteiger partial charge in [-0.25, -0.2) is 9.07 Å². The summed E-state index contributed by atoms with van der Waals surface area (Å²) in [5, 5.41) is 11.6. The van der Waals surface area contributed by atoms with E-state index in [0.717, 1.165) is 29.9 Å². The Labute approximate surface area is 172 Å². The van der Waals surface area contributed by atoms with E-state index in [1.165, 1.54) is 18.5 Å². The number of carbonyl (C=O) groups is 1. The van der Waals surface area contributed by atoms with Gasteiger partial charge >= 0.3 is 0 Å². The molecule has 1 aliphatic rings. The van der Waals surface area contributed by atoms with Crippen LogP contribution in [0.1, 0.15) is 21.5 Å². The number of amides is 1. The van der Waals surface area contributed by atoms with Crippen molar-refractivity contribution < 1.29 is 9.18 Å². The summed E-state index contributed by atoms with van der Waals surface area (Å²) in [6.45, 7) is 5.30. The molecule has 0 unspecified atom stereocenters. The van der Waals surface area contributed by atoms with Gasteiger partial charge in [-0.05, 0) is 58.8 Å². The van der Waals surface area contributed by atoms with Gasteiger partial charge in [0.1, 0.15) is 12.1 Å². The molecule has 0 bridgehead atoms. The van der Waals surface area contributed by atoms with Gasteiger partial charge in [0.15, 0.2) is 0 Å². The van der Waals surface area contributed by atoms with Gasteiger partial charge in [0, 0.05) is 43.3 Å². The molecule has 1 amide bonds. The van der Waals surface area contributed by atoms with E-state index in [9.17, 15) is 9.18 Å². The minimum absolute atomic E-state index is 0.0100. The van der Waals surface area contributed by atoms with Crippen LogP contribution in [0.5, 0.6) is 0 Å². The number of benzene rings is 2. The number of tetrazole rings is 1. The van der Waals surface area contributed by atoms with Crippen molar-refractivity contribution in [3.8, 4) is 5.69 Å². The van der Waals surface area contributed by atoms with Crippen LogP contribution in [-0.4, -0.2) is 62.1 Å². The highest BCUT2D eigenvalue weighted by Crippen LogP contribution is 2.21. The Balaban J connectivity index is 1.38. The lowest BCUT2D eigenvalue weighted by atomic mass is 10.1. The zero-order valence-electron chi connectivity index (χ0n) is 15.9. The van der Waals surface area contributed by atoms with Gasteiger partial charge in [-0.15, -0.1) is 5.10 Å². The van der Waals surface area contributed by atoms with Crippen LogP contribution in [0, 0.1) is 12.7 Å². The van der Waals surface area contributed by atoms with Gasteiger partial charge in [-0.2, -0.15) is 0 Å². The van der Waals surface area contributed by atoms with Crippen LogP contribution >= 0.6 is 11.6 Å². The quantitative estimate of drug-likeness (QED) is 0.656. The lowest BCUT2D eigenvalue weighted by molar-refractivity contribution is 0.0628. The maximum Gasteiger partial charge on any atom is 0.253 e. The van der Waals surface area contributed by atoms with Crippen LogP contribution in [0.4, 0.5) is 4.39 Å². The highest BCUT2D eigenvalue weighted by atomic mass is 35.5. The van der Waals surface area contributed by atoms with Crippen molar-refractivity contribution in [1.29, 1.82) is 0 Å². The first-order chi connectivity index (χ1) is 14.0. The van der Waals surface area contributed by atoms with E-state index < -0.39 is 0 Å². The second kappa shape index (κ2) is 8.26. The molecule has 9 heteroatoms. The van der Waals surface area contributed by atoms with Crippen molar-refractivity contribution in [1.82, 2.24) is 30.0 Å². The summed E-state index contributed by atoms with van der Waals surface area (Å²) in [6.07, 6.45) is 1.52. The van der Waals surface area contributed by atoms with Crippen LogP contribution in [0.25, 0.3) is 5.69 Å². The van der Waals surface area contributed by atoms with Gasteiger partial charge in [0.05, 0.1) is 5.69 Å². The first-order valence-electron chi connectivity index (χ1n) is 9.31. The van der Waals surface area contributed by atoms with E-state index in [0.29, 0.717) is 30.2 Å². The number of hydrogen-bond donors (Lipinski definition) is 0. The van der Waals surface area contributed by atoms with Crippen LogP contribution in [0.15, 0.2) is 42.7 Å². The zero-order valence-corrected chi connectivity index (χ0v) is 16.7. The zero-order chi connectivity index (χ0) is 20.4. The average molecular weight is 415 g/mol. The smallest absolute Gasteiger partial charge is 0.253 e. The molecular weight excluding hydrogens is 395 g/mol. The van der Waals surface area contributed by atoms with Crippen LogP contribution in [-0.2, 0) is 6.54 Å². The van der Waals surface area contributed by atoms with Crippen molar-refractivity contribution in [2.45, 2.75) is 13.5 Å². The Bertz CT molecular complexity index is 1020. The Kier molecular flexibility index (Phi) is 5.55. The van der Waals surface area contributed by atoms with Crippen molar-refractivity contribution in [3.63, 3.8) is 0 Å². The summed E-state index contributed by atoms with van der Waals surface area (Å²) >= 11 is 6.13. The molecule has 0 radical (unpaired) electrons. The number of aryl methyl sites for hydroxylation is 1. The second-order valence-electron chi connectivity index (χ2n) is 7.06. The first-order valence-corrected chi connectivity index (χ1v) is 9.68. The Morgan fingerprint density at radius 3 is 2.59 bits per heavy atom. The van der Waals surface area contributed by atoms with Crippen molar-refractivity contribution in [2.24, 2.45) is 0 Å². The maximum atomic E-state index is 13.2. The van der Waals surface area contributed by atoms with Gasteiger partial charge < -0.3 is 4.90 Å². The SMILES string of the molecule is Cc1cc(C(=O)N2CCN(Cc3ccc(F)cc3Cl)CC2)ccc1-n1cnnn1. The molecule has 7 nitrogen and oxygen atoms in total. The van der Waals surface area contributed by atoms with E-state index in [1.54, 1.807) is 16.8 Å². The van der Waals surface area contributed by atoms with Crippen LogP contribution in [0.3, 0.4) is 0 Å². The minimum Gasteiger partial charge on any atom is -0.336 e.